The Hall–Kier alpha value is -2.93. The highest BCUT2D eigenvalue weighted by Crippen LogP contribution is 2.38. The normalized spacial score (nSPS) is 17.1. The molecule has 1 saturated carbocycles. The number of benzene rings is 2. The van der Waals surface area contributed by atoms with Crippen molar-refractivity contribution in [2.24, 2.45) is 5.41 Å². The Morgan fingerprint density at radius 1 is 1.24 bits per heavy atom. The lowest BCUT2D eigenvalue weighted by Gasteiger charge is -2.34. The summed E-state index contributed by atoms with van der Waals surface area (Å²) in [6.45, 7) is 7.21. The van der Waals surface area contributed by atoms with Crippen LogP contribution in [0.2, 0.25) is 5.02 Å². The van der Waals surface area contributed by atoms with E-state index in [0.29, 0.717) is 16.6 Å². The minimum absolute atomic E-state index is 0.0453. The number of anilines is 2. The summed E-state index contributed by atoms with van der Waals surface area (Å²) in [4.78, 5) is 4.58. The Morgan fingerprint density at radius 2 is 1.97 bits per heavy atom. The molecule has 10 heteroatoms. The molecular formula is C27H30BBrClN7. The highest BCUT2D eigenvalue weighted by atomic mass is 79.9. The van der Waals surface area contributed by atoms with Crippen molar-refractivity contribution in [3.63, 3.8) is 0 Å². The van der Waals surface area contributed by atoms with Crippen molar-refractivity contribution in [2.45, 2.75) is 45.1 Å². The first kappa shape index (κ1) is 25.7. The number of halogens is 2. The molecule has 1 aliphatic carbocycles. The number of nitrogens with zero attached hydrogens (tertiary/aromatic N) is 3. The fraction of sp³-hybridized carbons (Fsp3) is 0.333. The van der Waals surface area contributed by atoms with Gasteiger partial charge in [-0.2, -0.15) is 5.26 Å². The first-order valence-electron chi connectivity index (χ1n) is 12.4. The molecule has 1 fully saturated rings. The molecule has 0 bridgehead atoms. The molecule has 2 heterocycles. The molecular weight excluding hydrogens is 549 g/mol. The van der Waals surface area contributed by atoms with Crippen molar-refractivity contribution < 1.29 is 0 Å². The SMILES string of the molecule is BC(Nc1cc(Br)c2ncc(C#N)c(NCC(C)(C)C)c2c1)(C1=CN(C2CC2)NN1)c1ccc(Cl)cc1. The third-order valence-electron chi connectivity index (χ3n) is 6.72. The monoisotopic (exact) mass is 577 g/mol. The number of hydrogen-bond acceptors (Lipinski definition) is 7. The van der Waals surface area contributed by atoms with Gasteiger partial charge in [-0.3, -0.25) is 9.99 Å². The van der Waals surface area contributed by atoms with Crippen LogP contribution < -0.4 is 21.6 Å². The van der Waals surface area contributed by atoms with Gasteiger partial charge in [0, 0.05) is 45.6 Å². The van der Waals surface area contributed by atoms with E-state index >= 15 is 0 Å². The second-order valence-electron chi connectivity index (χ2n) is 11.1. The number of nitrogens with one attached hydrogen (secondary N) is 4. The van der Waals surface area contributed by atoms with Crippen LogP contribution in [0.4, 0.5) is 11.4 Å². The fourth-order valence-corrected chi connectivity index (χ4v) is 5.15. The molecule has 2 aromatic carbocycles. The fourth-order valence-electron chi connectivity index (χ4n) is 4.46. The van der Waals surface area contributed by atoms with Crippen LogP contribution in [0.25, 0.3) is 10.9 Å². The average Bonchev–Trinajstić information content (AvgIpc) is 3.58. The van der Waals surface area contributed by atoms with Gasteiger partial charge in [0.25, 0.3) is 0 Å². The van der Waals surface area contributed by atoms with Gasteiger partial charge in [-0.15, -0.1) is 5.53 Å². The molecule has 7 nitrogen and oxygen atoms in total. The van der Waals surface area contributed by atoms with Gasteiger partial charge in [0.2, 0.25) is 0 Å². The summed E-state index contributed by atoms with van der Waals surface area (Å²) in [5.41, 5.74) is 11.2. The van der Waals surface area contributed by atoms with Gasteiger partial charge in [0.1, 0.15) is 13.9 Å². The minimum Gasteiger partial charge on any atom is -0.383 e. The molecule has 0 saturated heterocycles. The summed E-state index contributed by atoms with van der Waals surface area (Å²) in [7, 11) is 2.15. The van der Waals surface area contributed by atoms with Crippen LogP contribution in [0, 0.1) is 16.7 Å². The zero-order valence-corrected chi connectivity index (χ0v) is 23.8. The summed E-state index contributed by atoms with van der Waals surface area (Å²) in [6, 6.07) is 14.8. The Balaban J connectivity index is 1.60. The van der Waals surface area contributed by atoms with Crippen molar-refractivity contribution in [3.8, 4) is 6.07 Å². The molecule has 1 aliphatic heterocycles. The summed E-state index contributed by atoms with van der Waals surface area (Å²) in [5.74, 6) is 0. The average molecular weight is 579 g/mol. The predicted octanol–water partition coefficient (Wildman–Crippen LogP) is 5.21. The number of pyridine rings is 1. The van der Waals surface area contributed by atoms with E-state index in [1.807, 2.05) is 30.3 Å². The maximum Gasteiger partial charge on any atom is 0.148 e. The molecule has 1 atom stereocenters. The number of nitriles is 1. The zero-order chi connectivity index (χ0) is 26.4. The highest BCUT2D eigenvalue weighted by molar-refractivity contribution is 9.10. The summed E-state index contributed by atoms with van der Waals surface area (Å²) in [5, 5.41) is 20.8. The summed E-state index contributed by atoms with van der Waals surface area (Å²) < 4.78 is 0.848. The molecule has 1 aromatic heterocycles. The number of aromatic nitrogens is 1. The molecule has 37 heavy (non-hydrogen) atoms. The zero-order valence-electron chi connectivity index (χ0n) is 21.4. The number of fused-ring (bicyclic) bond motifs is 1. The van der Waals surface area contributed by atoms with Crippen molar-refractivity contribution in [1.29, 1.82) is 5.26 Å². The standard InChI is InChI=1S/C27H30BBrClN7/c1-26(2,3)15-33-24-16(12-31)13-32-25-21(24)10-19(11-22(25)29)34-27(28,17-4-6-18(30)7-5-17)23-14-37(36-35-23)20-8-9-20/h4-7,10-11,13-14,20,34-36H,8-9,15,28H2,1-3H3,(H,32,33). The Kier molecular flexibility index (Phi) is 6.78. The molecule has 0 radical (unpaired) electrons. The lowest BCUT2D eigenvalue weighted by Crippen LogP contribution is -2.45. The lowest BCUT2D eigenvalue weighted by molar-refractivity contribution is 0.260. The van der Waals surface area contributed by atoms with Crippen molar-refractivity contribution >= 4 is 57.7 Å². The Bertz CT molecular complexity index is 1410. The van der Waals surface area contributed by atoms with Gasteiger partial charge < -0.3 is 16.1 Å². The van der Waals surface area contributed by atoms with Gasteiger partial charge in [-0.05, 0) is 64.0 Å². The minimum atomic E-state index is -0.604. The number of rotatable bonds is 7. The van der Waals surface area contributed by atoms with E-state index in [9.17, 15) is 5.26 Å². The smallest absolute Gasteiger partial charge is 0.148 e. The highest BCUT2D eigenvalue weighted by Gasteiger charge is 2.38. The third-order valence-corrected chi connectivity index (χ3v) is 7.58. The van der Waals surface area contributed by atoms with E-state index in [0.717, 1.165) is 44.6 Å². The maximum absolute atomic E-state index is 9.83. The molecule has 1 unspecified atom stereocenters. The lowest BCUT2D eigenvalue weighted by atomic mass is 9.69. The first-order chi connectivity index (χ1) is 17.6. The van der Waals surface area contributed by atoms with E-state index in [1.165, 1.54) is 12.8 Å². The van der Waals surface area contributed by atoms with Gasteiger partial charge >= 0.3 is 0 Å². The van der Waals surface area contributed by atoms with Crippen LogP contribution >= 0.6 is 27.5 Å². The van der Waals surface area contributed by atoms with Crippen LogP contribution in [0.1, 0.15) is 44.7 Å². The van der Waals surface area contributed by atoms with Gasteiger partial charge in [0.05, 0.1) is 27.9 Å². The van der Waals surface area contributed by atoms with Crippen LogP contribution in [-0.2, 0) is 5.44 Å². The van der Waals surface area contributed by atoms with Crippen LogP contribution in [0.5, 0.6) is 0 Å². The molecule has 190 valence electrons. The maximum atomic E-state index is 9.83. The van der Waals surface area contributed by atoms with Gasteiger partial charge in [-0.1, -0.05) is 44.5 Å². The Labute approximate surface area is 232 Å². The van der Waals surface area contributed by atoms with Gasteiger partial charge in [0.15, 0.2) is 0 Å². The summed E-state index contributed by atoms with van der Waals surface area (Å²) in [6.07, 6.45) is 6.13. The van der Waals surface area contributed by atoms with E-state index < -0.39 is 5.44 Å². The number of hydrazine groups is 2. The first-order valence-corrected chi connectivity index (χ1v) is 13.6. The molecule has 3 aromatic rings. The van der Waals surface area contributed by atoms with E-state index in [4.69, 9.17) is 11.6 Å². The van der Waals surface area contributed by atoms with E-state index in [-0.39, 0.29) is 5.41 Å². The van der Waals surface area contributed by atoms with E-state index in [1.54, 1.807) is 6.20 Å². The molecule has 0 amide bonds. The second-order valence-corrected chi connectivity index (χ2v) is 12.4. The molecule has 4 N–H and O–H groups in total. The summed E-state index contributed by atoms with van der Waals surface area (Å²) >= 11 is 9.96. The topological polar surface area (TPSA) is 88.0 Å². The van der Waals surface area contributed by atoms with Crippen LogP contribution in [0.3, 0.4) is 0 Å². The molecule has 2 aliphatic rings. The predicted molar refractivity (Wildman–Crippen MR) is 157 cm³/mol. The van der Waals surface area contributed by atoms with Crippen molar-refractivity contribution in [2.75, 3.05) is 17.2 Å². The van der Waals surface area contributed by atoms with Crippen molar-refractivity contribution in [1.82, 2.24) is 21.0 Å². The van der Waals surface area contributed by atoms with Crippen LogP contribution in [-0.4, -0.2) is 30.4 Å². The molecule has 5 rings (SSSR count). The third kappa shape index (κ3) is 5.38. The Morgan fingerprint density at radius 3 is 2.62 bits per heavy atom. The largest absolute Gasteiger partial charge is 0.383 e. The van der Waals surface area contributed by atoms with Crippen molar-refractivity contribution in [3.05, 3.63) is 75.1 Å². The quantitative estimate of drug-likeness (QED) is 0.287. The second kappa shape index (κ2) is 9.75. The van der Waals surface area contributed by atoms with Crippen LogP contribution in [0.15, 0.2) is 59.0 Å². The van der Waals surface area contributed by atoms with E-state index in [2.05, 4.69) is 94.5 Å². The van der Waals surface area contributed by atoms with Gasteiger partial charge in [-0.25, -0.2) is 0 Å². The number of hydrogen-bond donors (Lipinski definition) is 4. The molecule has 0 spiro atoms.